The predicted molar refractivity (Wildman–Crippen MR) is 128 cm³/mol. The first-order chi connectivity index (χ1) is 17.8. The molecular formula is C24H24FN7O5. The van der Waals surface area contributed by atoms with E-state index in [1.165, 1.54) is 6.07 Å². The van der Waals surface area contributed by atoms with Gasteiger partial charge in [-0.05, 0) is 43.9 Å². The highest BCUT2D eigenvalue weighted by Gasteiger charge is 2.26. The lowest BCUT2D eigenvalue weighted by Gasteiger charge is -2.29. The summed E-state index contributed by atoms with van der Waals surface area (Å²) in [6.45, 7) is 2.92. The van der Waals surface area contributed by atoms with Crippen LogP contribution in [0.1, 0.15) is 52.7 Å². The summed E-state index contributed by atoms with van der Waals surface area (Å²) in [7, 11) is 0. The van der Waals surface area contributed by atoms with Crippen molar-refractivity contribution in [2.24, 2.45) is 0 Å². The van der Waals surface area contributed by atoms with E-state index in [2.05, 4.69) is 25.7 Å². The molecule has 1 atom stereocenters. The molecule has 1 saturated heterocycles. The van der Waals surface area contributed by atoms with Crippen LogP contribution in [-0.4, -0.2) is 61.3 Å². The molecule has 0 radical (unpaired) electrons. The van der Waals surface area contributed by atoms with Gasteiger partial charge in [-0.3, -0.25) is 19.4 Å². The maximum atomic E-state index is 14.4. The Bertz CT molecular complexity index is 1570. The summed E-state index contributed by atoms with van der Waals surface area (Å²) in [6, 6.07) is 5.28. The topological polar surface area (TPSA) is 155 Å². The summed E-state index contributed by atoms with van der Waals surface area (Å²) < 4.78 is 20.3. The van der Waals surface area contributed by atoms with E-state index in [9.17, 15) is 23.6 Å². The quantitative estimate of drug-likeness (QED) is 0.355. The largest absolute Gasteiger partial charge is 0.417 e. The number of nitrogens with one attached hydrogen (secondary N) is 3. The van der Waals surface area contributed by atoms with Crippen molar-refractivity contribution >= 4 is 34.5 Å². The molecule has 0 saturated carbocycles. The fourth-order valence-electron chi connectivity index (χ4n) is 4.32. The predicted octanol–water partition coefficient (Wildman–Crippen LogP) is 1.36. The van der Waals surface area contributed by atoms with Gasteiger partial charge in [0.2, 0.25) is 5.91 Å². The molecule has 3 aromatic heterocycles. The van der Waals surface area contributed by atoms with Gasteiger partial charge >= 0.3 is 5.76 Å². The highest BCUT2D eigenvalue weighted by Crippen LogP contribution is 2.15. The number of aromatic amines is 1. The molecule has 3 N–H and O–H groups in total. The molecule has 37 heavy (non-hydrogen) atoms. The average molecular weight is 509 g/mol. The van der Waals surface area contributed by atoms with Gasteiger partial charge in [0.05, 0.1) is 11.7 Å². The number of oxazole rings is 1. The fourth-order valence-corrected chi connectivity index (χ4v) is 4.32. The molecule has 4 heterocycles. The average Bonchev–Trinajstić information content (AvgIpc) is 3.47. The maximum absolute atomic E-state index is 14.4. The van der Waals surface area contributed by atoms with Crippen molar-refractivity contribution in [1.82, 2.24) is 35.1 Å². The zero-order valence-electron chi connectivity index (χ0n) is 19.9. The number of carbonyl (C=O) groups is 3. The van der Waals surface area contributed by atoms with E-state index in [-0.39, 0.29) is 29.5 Å². The Hall–Kier alpha value is -4.55. The fraction of sp³-hybridized carbons (Fsp3) is 0.333. The first-order valence-electron chi connectivity index (χ1n) is 11.8. The Morgan fingerprint density at radius 2 is 1.95 bits per heavy atom. The number of likely N-dealkylation sites (tertiary alicyclic amines) is 1. The van der Waals surface area contributed by atoms with Gasteiger partial charge in [0.25, 0.3) is 11.8 Å². The van der Waals surface area contributed by atoms with Gasteiger partial charge < -0.3 is 20.0 Å². The second kappa shape index (κ2) is 9.84. The summed E-state index contributed by atoms with van der Waals surface area (Å²) in [5.41, 5.74) is 0.874. The smallest absolute Gasteiger partial charge is 0.408 e. The van der Waals surface area contributed by atoms with Crippen LogP contribution in [0.3, 0.4) is 0 Å². The van der Waals surface area contributed by atoms with Crippen molar-refractivity contribution in [1.29, 1.82) is 0 Å². The number of fused-ring (bicyclic) bond motifs is 2. The van der Waals surface area contributed by atoms with Crippen LogP contribution in [-0.2, 0) is 11.3 Å². The van der Waals surface area contributed by atoms with Crippen molar-refractivity contribution in [3.8, 4) is 0 Å². The minimum Gasteiger partial charge on any atom is -0.408 e. The first kappa shape index (κ1) is 24.2. The van der Waals surface area contributed by atoms with Crippen molar-refractivity contribution in [2.45, 2.75) is 38.8 Å². The normalized spacial score (nSPS) is 14.6. The van der Waals surface area contributed by atoms with E-state index >= 15 is 0 Å². The number of piperidine rings is 1. The summed E-state index contributed by atoms with van der Waals surface area (Å²) in [5.74, 6) is -2.96. The lowest BCUT2D eigenvalue weighted by molar-refractivity contribution is -0.133. The van der Waals surface area contributed by atoms with Gasteiger partial charge in [0.15, 0.2) is 17.0 Å². The summed E-state index contributed by atoms with van der Waals surface area (Å²) in [6.07, 6.45) is 3.78. The lowest BCUT2D eigenvalue weighted by atomic mass is 10.1. The second-order valence-electron chi connectivity index (χ2n) is 8.86. The van der Waals surface area contributed by atoms with Gasteiger partial charge in [-0.1, -0.05) is 6.07 Å². The van der Waals surface area contributed by atoms with Crippen LogP contribution in [0.2, 0.25) is 0 Å². The van der Waals surface area contributed by atoms with Gasteiger partial charge in [0, 0.05) is 25.7 Å². The molecule has 13 heteroatoms. The molecule has 1 aliphatic heterocycles. The molecule has 5 rings (SSSR count). The zero-order chi connectivity index (χ0) is 26.1. The number of H-pyrrole nitrogens is 1. The van der Waals surface area contributed by atoms with Crippen LogP contribution in [0, 0.1) is 5.82 Å². The second-order valence-corrected chi connectivity index (χ2v) is 8.86. The van der Waals surface area contributed by atoms with E-state index in [0.717, 1.165) is 30.0 Å². The number of nitrogens with zero attached hydrogens (tertiary/aromatic N) is 4. The molecule has 1 aromatic carbocycles. The number of rotatable bonds is 6. The lowest BCUT2D eigenvalue weighted by Crippen LogP contribution is -2.48. The third kappa shape index (κ3) is 4.92. The third-order valence-electron chi connectivity index (χ3n) is 6.22. The standard InChI is InChI=1S/C24H24FN7O5/c1-13(23(35)31-7-3-2-4-8-31)28-22(34)18-10-17(29-20-15(25)12-27-32(18)20)21(33)26-11-14-5-6-19-16(9-14)30-24(36)37-19/h5-6,9-10,12-13H,2-4,7-8,11H2,1H3,(H,26,33)(H,28,34)(H,30,36)/t13-/m0/s1. The van der Waals surface area contributed by atoms with E-state index in [4.69, 9.17) is 4.42 Å². The van der Waals surface area contributed by atoms with Crippen molar-refractivity contribution < 1.29 is 23.2 Å². The molecule has 0 spiro atoms. The van der Waals surface area contributed by atoms with E-state index in [0.29, 0.717) is 29.8 Å². The van der Waals surface area contributed by atoms with Crippen LogP contribution in [0.4, 0.5) is 4.39 Å². The van der Waals surface area contributed by atoms with Gasteiger partial charge in [-0.2, -0.15) is 5.10 Å². The Morgan fingerprint density at radius 3 is 2.73 bits per heavy atom. The van der Waals surface area contributed by atoms with Crippen LogP contribution in [0.5, 0.6) is 0 Å². The van der Waals surface area contributed by atoms with Crippen LogP contribution in [0.15, 0.2) is 39.7 Å². The number of aromatic nitrogens is 4. The van der Waals surface area contributed by atoms with Crippen LogP contribution < -0.4 is 16.4 Å². The number of benzene rings is 1. The molecule has 3 amide bonds. The first-order valence-corrected chi connectivity index (χ1v) is 11.8. The summed E-state index contributed by atoms with van der Waals surface area (Å²) >= 11 is 0. The van der Waals surface area contributed by atoms with Crippen molar-refractivity contribution in [3.05, 3.63) is 63.8 Å². The van der Waals surface area contributed by atoms with Crippen LogP contribution in [0.25, 0.3) is 16.7 Å². The van der Waals surface area contributed by atoms with Crippen molar-refractivity contribution in [3.63, 3.8) is 0 Å². The highest BCUT2D eigenvalue weighted by atomic mass is 19.1. The minimum atomic E-state index is -0.823. The molecule has 1 aliphatic rings. The SMILES string of the molecule is C[C@H](NC(=O)c1cc(C(=O)NCc2ccc3oc(=O)[nH]c3c2)nc2c(F)cnn12)C(=O)N1CCCCC1. The van der Waals surface area contributed by atoms with Gasteiger partial charge in [0.1, 0.15) is 17.4 Å². The maximum Gasteiger partial charge on any atom is 0.417 e. The van der Waals surface area contributed by atoms with Gasteiger partial charge in [-0.25, -0.2) is 18.7 Å². The molecule has 12 nitrogen and oxygen atoms in total. The Labute approximate surface area is 208 Å². The van der Waals surface area contributed by atoms with Crippen LogP contribution >= 0.6 is 0 Å². The number of hydrogen-bond acceptors (Lipinski definition) is 7. The van der Waals surface area contributed by atoms with E-state index in [1.54, 1.807) is 30.0 Å². The van der Waals surface area contributed by atoms with E-state index < -0.39 is 29.4 Å². The molecular weight excluding hydrogens is 485 g/mol. The zero-order valence-corrected chi connectivity index (χ0v) is 19.9. The molecule has 0 aliphatic carbocycles. The number of amides is 3. The summed E-state index contributed by atoms with van der Waals surface area (Å²) in [4.78, 5) is 58.3. The van der Waals surface area contributed by atoms with E-state index in [1.807, 2.05) is 0 Å². The molecule has 0 bridgehead atoms. The molecule has 1 fully saturated rings. The highest BCUT2D eigenvalue weighted by molar-refractivity contribution is 6.00. The molecule has 192 valence electrons. The molecule has 0 unspecified atom stereocenters. The molecule has 4 aromatic rings. The number of carbonyl (C=O) groups excluding carboxylic acids is 3. The Morgan fingerprint density at radius 1 is 1.16 bits per heavy atom. The Balaban J connectivity index is 1.34. The number of halogens is 1. The monoisotopic (exact) mass is 509 g/mol. The number of hydrogen-bond donors (Lipinski definition) is 3. The minimum absolute atomic E-state index is 0.0689. The summed E-state index contributed by atoms with van der Waals surface area (Å²) in [5, 5.41) is 9.15. The Kier molecular flexibility index (Phi) is 6.42. The van der Waals surface area contributed by atoms with Crippen molar-refractivity contribution in [2.75, 3.05) is 13.1 Å². The third-order valence-corrected chi connectivity index (χ3v) is 6.22. The van der Waals surface area contributed by atoms with Gasteiger partial charge in [-0.15, -0.1) is 0 Å².